The predicted molar refractivity (Wildman–Crippen MR) is 42.4 cm³/mol. The number of halogens is 4. The van der Waals surface area contributed by atoms with Crippen molar-refractivity contribution in [1.82, 2.24) is 0 Å². The Morgan fingerprint density at radius 3 is 2.12 bits per heavy atom. The molecule has 16 heavy (non-hydrogen) atoms. The zero-order valence-corrected chi connectivity index (χ0v) is 7.62. The van der Waals surface area contributed by atoms with E-state index in [1.165, 1.54) is 0 Å². The molecule has 0 atom stereocenters. The fraction of sp³-hybridized carbons (Fsp3) is 0.222. The molecular formula is C9H5F4O3-. The minimum absolute atomic E-state index is 0.271. The number of ether oxygens (including phenoxy) is 1. The van der Waals surface area contributed by atoms with Gasteiger partial charge < -0.3 is 14.6 Å². The third-order valence-electron chi connectivity index (χ3n) is 1.60. The van der Waals surface area contributed by atoms with Crippen LogP contribution in [0.1, 0.15) is 10.4 Å². The van der Waals surface area contributed by atoms with E-state index in [1.807, 2.05) is 0 Å². The van der Waals surface area contributed by atoms with Crippen LogP contribution in [-0.4, -0.2) is 18.5 Å². The van der Waals surface area contributed by atoms with E-state index in [1.54, 1.807) is 0 Å². The van der Waals surface area contributed by atoms with E-state index in [0.29, 0.717) is 0 Å². The first-order valence-corrected chi connectivity index (χ1v) is 3.99. The van der Waals surface area contributed by atoms with Gasteiger partial charge in [0.2, 0.25) is 0 Å². The fourth-order valence-corrected chi connectivity index (χ4v) is 0.861. The van der Waals surface area contributed by atoms with Crippen molar-refractivity contribution in [3.63, 3.8) is 0 Å². The van der Waals surface area contributed by atoms with Crippen LogP contribution < -0.4 is 9.84 Å². The molecule has 0 unspecified atom stereocenters. The first-order chi connectivity index (χ1) is 7.33. The number of carbonyl (C=O) groups excluding carboxylic acids is 1. The number of rotatable bonds is 4. The van der Waals surface area contributed by atoms with Crippen molar-refractivity contribution in [3.8, 4) is 5.75 Å². The van der Waals surface area contributed by atoms with Gasteiger partial charge in [0.05, 0.1) is 5.97 Å². The van der Waals surface area contributed by atoms with Gasteiger partial charge in [0.25, 0.3) is 0 Å². The van der Waals surface area contributed by atoms with E-state index in [0.717, 1.165) is 24.3 Å². The zero-order chi connectivity index (χ0) is 12.3. The topological polar surface area (TPSA) is 49.4 Å². The maximum atomic E-state index is 12.4. The van der Waals surface area contributed by atoms with Gasteiger partial charge in [-0.3, -0.25) is 0 Å². The molecule has 0 heterocycles. The van der Waals surface area contributed by atoms with Crippen LogP contribution >= 0.6 is 0 Å². The van der Waals surface area contributed by atoms with Gasteiger partial charge in [0.1, 0.15) is 5.75 Å². The van der Waals surface area contributed by atoms with Crippen molar-refractivity contribution in [2.75, 3.05) is 0 Å². The molecule has 1 aromatic rings. The van der Waals surface area contributed by atoms with Crippen LogP contribution in [0.5, 0.6) is 5.75 Å². The molecule has 1 rings (SSSR count). The summed E-state index contributed by atoms with van der Waals surface area (Å²) in [7, 11) is 0. The van der Waals surface area contributed by atoms with Gasteiger partial charge in [0, 0.05) is 0 Å². The van der Waals surface area contributed by atoms with Crippen LogP contribution in [0.25, 0.3) is 0 Å². The van der Waals surface area contributed by atoms with Crippen molar-refractivity contribution < 1.29 is 32.2 Å². The molecule has 0 aliphatic rings. The second-order valence-corrected chi connectivity index (χ2v) is 2.78. The normalized spacial score (nSPS) is 11.6. The van der Waals surface area contributed by atoms with Crippen molar-refractivity contribution >= 4 is 5.97 Å². The summed E-state index contributed by atoms with van der Waals surface area (Å²) in [5.41, 5.74) is -0.271. The summed E-state index contributed by atoms with van der Waals surface area (Å²) in [6.07, 6.45) is -8.57. The lowest BCUT2D eigenvalue weighted by Crippen LogP contribution is -2.33. The second kappa shape index (κ2) is 4.38. The van der Waals surface area contributed by atoms with Crippen LogP contribution in [0.3, 0.4) is 0 Å². The Morgan fingerprint density at radius 2 is 1.75 bits per heavy atom. The summed E-state index contributed by atoms with van der Waals surface area (Å²) in [4.78, 5) is 10.3. The van der Waals surface area contributed by atoms with Crippen molar-refractivity contribution in [2.45, 2.75) is 12.5 Å². The minimum atomic E-state index is -4.61. The van der Waals surface area contributed by atoms with Gasteiger partial charge in [-0.25, -0.2) is 0 Å². The highest BCUT2D eigenvalue weighted by Crippen LogP contribution is 2.27. The number of alkyl halides is 4. The summed E-state index contributed by atoms with van der Waals surface area (Å²) < 4.78 is 51.9. The average molecular weight is 237 g/mol. The van der Waals surface area contributed by atoms with Gasteiger partial charge in [0.15, 0.2) is 0 Å². The quantitative estimate of drug-likeness (QED) is 0.741. The molecule has 0 fully saturated rings. The standard InChI is InChI=1S/C9H6F4O3/c10-8(11)9(12,13)16-6-3-1-5(2-4-6)7(14)15/h1-4,8H,(H,14,15)/p-1. The summed E-state index contributed by atoms with van der Waals surface area (Å²) in [5, 5.41) is 10.3. The van der Waals surface area contributed by atoms with Gasteiger partial charge in [-0.15, -0.1) is 0 Å². The molecular weight excluding hydrogens is 232 g/mol. The van der Waals surface area contributed by atoms with Crippen LogP contribution in [-0.2, 0) is 0 Å². The SMILES string of the molecule is O=C([O-])c1ccc(OC(F)(F)C(F)F)cc1. The first kappa shape index (κ1) is 12.3. The number of hydrogen-bond acceptors (Lipinski definition) is 3. The summed E-state index contributed by atoms with van der Waals surface area (Å²) in [6, 6.07) is 3.49. The molecule has 88 valence electrons. The van der Waals surface area contributed by atoms with Crippen LogP contribution in [0.15, 0.2) is 24.3 Å². The Morgan fingerprint density at radius 1 is 1.25 bits per heavy atom. The van der Waals surface area contributed by atoms with Gasteiger partial charge in [-0.2, -0.15) is 17.6 Å². The smallest absolute Gasteiger partial charge is 0.461 e. The lowest BCUT2D eigenvalue weighted by atomic mass is 10.2. The summed E-state index contributed by atoms with van der Waals surface area (Å²) in [6.45, 7) is 0. The molecule has 0 amide bonds. The number of carbonyl (C=O) groups is 1. The molecule has 0 aliphatic carbocycles. The highest BCUT2D eigenvalue weighted by atomic mass is 19.3. The highest BCUT2D eigenvalue weighted by molar-refractivity contribution is 5.85. The Kier molecular flexibility index (Phi) is 3.36. The molecule has 0 N–H and O–H groups in total. The Hall–Kier alpha value is -1.79. The van der Waals surface area contributed by atoms with Crippen molar-refractivity contribution in [3.05, 3.63) is 29.8 Å². The fourth-order valence-electron chi connectivity index (χ4n) is 0.861. The molecule has 0 radical (unpaired) electrons. The molecule has 7 heteroatoms. The zero-order valence-electron chi connectivity index (χ0n) is 7.62. The Balaban J connectivity index is 2.80. The largest absolute Gasteiger partial charge is 0.545 e. The third kappa shape index (κ3) is 2.85. The lowest BCUT2D eigenvalue weighted by molar-refractivity contribution is -0.255. The third-order valence-corrected chi connectivity index (χ3v) is 1.60. The Bertz CT molecular complexity index is 375. The van der Waals surface area contributed by atoms with E-state index in [-0.39, 0.29) is 5.56 Å². The van der Waals surface area contributed by atoms with E-state index < -0.39 is 24.3 Å². The molecule has 0 aliphatic heterocycles. The number of aromatic carboxylic acids is 1. The lowest BCUT2D eigenvalue weighted by Gasteiger charge is -2.16. The van der Waals surface area contributed by atoms with E-state index in [4.69, 9.17) is 0 Å². The van der Waals surface area contributed by atoms with E-state index in [2.05, 4.69) is 4.74 Å². The number of carboxylic acid groups (broad SMARTS) is 1. The molecule has 0 bridgehead atoms. The summed E-state index contributed by atoms with van der Waals surface area (Å²) in [5.74, 6) is -2.07. The molecule has 0 saturated carbocycles. The maximum Gasteiger partial charge on any atom is 0.461 e. The predicted octanol–water partition coefficient (Wildman–Crippen LogP) is 1.29. The van der Waals surface area contributed by atoms with Crippen molar-refractivity contribution in [1.29, 1.82) is 0 Å². The van der Waals surface area contributed by atoms with Crippen LogP contribution in [0, 0.1) is 0 Å². The van der Waals surface area contributed by atoms with Crippen LogP contribution in [0.4, 0.5) is 17.6 Å². The average Bonchev–Trinajstić information content (AvgIpc) is 2.17. The molecule has 0 spiro atoms. The van der Waals surface area contributed by atoms with Gasteiger partial charge >= 0.3 is 12.5 Å². The van der Waals surface area contributed by atoms with Gasteiger partial charge in [-0.05, 0) is 29.8 Å². The maximum absolute atomic E-state index is 12.4. The van der Waals surface area contributed by atoms with Gasteiger partial charge in [-0.1, -0.05) is 0 Å². The number of carboxylic acids is 1. The minimum Gasteiger partial charge on any atom is -0.545 e. The monoisotopic (exact) mass is 237 g/mol. The van der Waals surface area contributed by atoms with Crippen molar-refractivity contribution in [2.24, 2.45) is 0 Å². The van der Waals surface area contributed by atoms with E-state index >= 15 is 0 Å². The molecule has 0 saturated heterocycles. The van der Waals surface area contributed by atoms with E-state index in [9.17, 15) is 27.5 Å². The Labute approximate surface area is 87.3 Å². The number of hydrogen-bond donors (Lipinski definition) is 0. The molecule has 3 nitrogen and oxygen atoms in total. The first-order valence-electron chi connectivity index (χ1n) is 3.99. The number of benzene rings is 1. The second-order valence-electron chi connectivity index (χ2n) is 2.78. The van der Waals surface area contributed by atoms with Crippen LogP contribution in [0.2, 0.25) is 0 Å². The molecule has 1 aromatic carbocycles. The highest BCUT2D eigenvalue weighted by Gasteiger charge is 2.43. The molecule has 0 aromatic heterocycles. The summed E-state index contributed by atoms with van der Waals surface area (Å²) >= 11 is 0.